The molecular weight excluding hydrogens is 370 g/mol. The molecule has 111 valence electrons. The van der Waals surface area contributed by atoms with Crippen LogP contribution in [-0.2, 0) is 0 Å². The van der Waals surface area contributed by atoms with E-state index in [1.54, 1.807) is 25.7 Å². The predicted octanol–water partition coefficient (Wildman–Crippen LogP) is 5.48. The summed E-state index contributed by atoms with van der Waals surface area (Å²) in [5.74, 6) is 0. The predicted molar refractivity (Wildman–Crippen MR) is 92.7 cm³/mol. The van der Waals surface area contributed by atoms with Gasteiger partial charge in [0.15, 0.2) is 0 Å². The number of rotatable bonds is 3. The van der Waals surface area contributed by atoms with Crippen molar-refractivity contribution >= 4 is 35.7 Å². The molecule has 0 aromatic heterocycles. The fourth-order valence-electron chi connectivity index (χ4n) is 4.26. The first-order valence-electron chi connectivity index (χ1n) is 8.37. The normalized spacial score (nSPS) is 21.6. The van der Waals surface area contributed by atoms with Crippen LogP contribution < -0.4 is 3.58 Å². The molecule has 2 aliphatic rings. The Morgan fingerprint density at radius 3 is 1.55 bits per heavy atom. The average Bonchev–Trinajstić information content (AvgIpc) is 2.51. The molecule has 2 saturated carbocycles. The average molecular weight is 399 g/mol. The van der Waals surface area contributed by atoms with Gasteiger partial charge < -0.3 is 0 Å². The van der Waals surface area contributed by atoms with Crippen molar-refractivity contribution in [3.05, 3.63) is 30.3 Å². The Labute approximate surface area is 137 Å². The third kappa shape index (κ3) is 4.16. The number of hydrogen-bond acceptors (Lipinski definition) is 0. The fourth-order valence-corrected chi connectivity index (χ4v) is 16.4. The Bertz CT molecular complexity index is 348. The van der Waals surface area contributed by atoms with Crippen molar-refractivity contribution in [3.8, 4) is 0 Å². The number of hydrogen-bond donors (Lipinski definition) is 0. The second-order valence-corrected chi connectivity index (χ2v) is 15.4. The van der Waals surface area contributed by atoms with Gasteiger partial charge in [-0.1, -0.05) is 0 Å². The van der Waals surface area contributed by atoms with Crippen LogP contribution in [-0.4, -0.2) is 19.8 Å². The zero-order valence-electron chi connectivity index (χ0n) is 12.5. The molecule has 2 heteroatoms. The van der Waals surface area contributed by atoms with Gasteiger partial charge in [-0.15, -0.1) is 12.4 Å². The van der Waals surface area contributed by atoms with E-state index in [1.165, 1.54) is 46.4 Å². The summed E-state index contributed by atoms with van der Waals surface area (Å²) >= 11 is -1.43. The molecule has 1 radical (unpaired) electrons. The molecule has 20 heavy (non-hydrogen) atoms. The van der Waals surface area contributed by atoms with Crippen molar-refractivity contribution in [3.63, 3.8) is 0 Å². The molecule has 1 aromatic carbocycles. The van der Waals surface area contributed by atoms with Crippen LogP contribution in [0.2, 0.25) is 7.87 Å². The van der Waals surface area contributed by atoms with Crippen LogP contribution in [0.1, 0.15) is 64.2 Å². The van der Waals surface area contributed by atoms with Crippen LogP contribution in [0.25, 0.3) is 0 Å². The van der Waals surface area contributed by atoms with Crippen LogP contribution in [0.4, 0.5) is 0 Å². The van der Waals surface area contributed by atoms with E-state index in [1.807, 2.05) is 3.58 Å². The Kier molecular flexibility index (Phi) is 7.24. The molecule has 0 N–H and O–H groups in total. The van der Waals surface area contributed by atoms with Gasteiger partial charge in [0, 0.05) is 0 Å². The summed E-state index contributed by atoms with van der Waals surface area (Å²) in [4.78, 5) is 0. The van der Waals surface area contributed by atoms with Gasteiger partial charge >= 0.3 is 126 Å². The van der Waals surface area contributed by atoms with Crippen LogP contribution in [0, 0.1) is 0 Å². The van der Waals surface area contributed by atoms with E-state index in [0.29, 0.717) is 0 Å². The van der Waals surface area contributed by atoms with Crippen LogP contribution in [0.15, 0.2) is 30.3 Å². The molecule has 0 heterocycles. The second kappa shape index (κ2) is 8.68. The van der Waals surface area contributed by atoms with Crippen molar-refractivity contribution in [1.82, 2.24) is 0 Å². The molecule has 3 rings (SSSR count). The molecule has 0 saturated heterocycles. The molecule has 0 spiro atoms. The summed E-state index contributed by atoms with van der Waals surface area (Å²) in [6.45, 7) is 0. The SMILES string of the molecule is Cl.c1cc[c]([Sn]([CH]2CCCCC2)[CH]2CCCCC2)cc1. The van der Waals surface area contributed by atoms with Crippen molar-refractivity contribution in [2.24, 2.45) is 0 Å². The summed E-state index contributed by atoms with van der Waals surface area (Å²) in [5.41, 5.74) is 0. The molecule has 2 aliphatic carbocycles. The maximum atomic E-state index is 2.48. The summed E-state index contributed by atoms with van der Waals surface area (Å²) in [5, 5.41) is 0. The van der Waals surface area contributed by atoms with E-state index in [-0.39, 0.29) is 12.4 Å². The molecule has 0 bridgehead atoms. The van der Waals surface area contributed by atoms with Crippen LogP contribution in [0.3, 0.4) is 0 Å². The first-order valence-corrected chi connectivity index (χ1v) is 13.1. The van der Waals surface area contributed by atoms with Gasteiger partial charge in [-0.05, 0) is 0 Å². The topological polar surface area (TPSA) is 0 Å². The number of benzene rings is 1. The van der Waals surface area contributed by atoms with E-state index in [2.05, 4.69) is 30.3 Å². The Hall–Kier alpha value is 0.309. The van der Waals surface area contributed by atoms with Crippen LogP contribution >= 0.6 is 12.4 Å². The molecule has 0 atom stereocenters. The van der Waals surface area contributed by atoms with Crippen molar-refractivity contribution in [1.29, 1.82) is 0 Å². The molecule has 0 unspecified atom stereocenters. The summed E-state index contributed by atoms with van der Waals surface area (Å²) < 4.78 is 4.17. The second-order valence-electron chi connectivity index (χ2n) is 6.49. The number of halogens is 1. The zero-order valence-corrected chi connectivity index (χ0v) is 16.2. The summed E-state index contributed by atoms with van der Waals surface area (Å²) in [6, 6.07) is 11.8. The van der Waals surface area contributed by atoms with E-state index < -0.39 is 19.8 Å². The van der Waals surface area contributed by atoms with Gasteiger partial charge in [0.2, 0.25) is 0 Å². The van der Waals surface area contributed by atoms with Crippen molar-refractivity contribution < 1.29 is 0 Å². The summed E-state index contributed by atoms with van der Waals surface area (Å²) in [6.07, 6.45) is 15.4. The molecule has 0 amide bonds. The molecule has 2 fully saturated rings. The van der Waals surface area contributed by atoms with E-state index in [4.69, 9.17) is 0 Å². The van der Waals surface area contributed by atoms with E-state index in [0.717, 1.165) is 0 Å². The van der Waals surface area contributed by atoms with Gasteiger partial charge in [0.05, 0.1) is 0 Å². The quantitative estimate of drug-likeness (QED) is 0.592. The van der Waals surface area contributed by atoms with Crippen molar-refractivity contribution in [2.45, 2.75) is 72.1 Å². The molecule has 0 nitrogen and oxygen atoms in total. The summed E-state index contributed by atoms with van der Waals surface area (Å²) in [7, 11) is 0. The third-order valence-corrected chi connectivity index (χ3v) is 16.4. The molecular formula is C18H28ClSn. The zero-order chi connectivity index (χ0) is 12.9. The minimum absolute atomic E-state index is 0. The van der Waals surface area contributed by atoms with E-state index >= 15 is 0 Å². The van der Waals surface area contributed by atoms with Gasteiger partial charge in [-0.3, -0.25) is 0 Å². The Morgan fingerprint density at radius 2 is 1.10 bits per heavy atom. The van der Waals surface area contributed by atoms with Crippen LogP contribution in [0.5, 0.6) is 0 Å². The Balaban J connectivity index is 0.00000147. The van der Waals surface area contributed by atoms with Gasteiger partial charge in [-0.2, -0.15) is 0 Å². The first kappa shape index (κ1) is 16.7. The Morgan fingerprint density at radius 1 is 0.650 bits per heavy atom. The fraction of sp³-hybridized carbons (Fsp3) is 0.667. The van der Waals surface area contributed by atoms with Crippen molar-refractivity contribution in [2.75, 3.05) is 0 Å². The molecule has 0 aliphatic heterocycles. The molecule has 1 aromatic rings. The third-order valence-electron chi connectivity index (χ3n) is 5.20. The maximum absolute atomic E-state index is 2.48. The minimum atomic E-state index is -1.43. The van der Waals surface area contributed by atoms with Gasteiger partial charge in [0.1, 0.15) is 0 Å². The van der Waals surface area contributed by atoms with Gasteiger partial charge in [-0.25, -0.2) is 0 Å². The first-order chi connectivity index (χ1) is 9.45. The van der Waals surface area contributed by atoms with Gasteiger partial charge in [0.25, 0.3) is 0 Å². The standard InChI is InChI=1S/2C6H11.C6H5.ClH.Sn/c3*1-2-4-6-5-3-1;;/h2*1H,2-6H2;1-5H;1H;. The monoisotopic (exact) mass is 399 g/mol. The van der Waals surface area contributed by atoms with E-state index in [9.17, 15) is 0 Å².